The van der Waals surface area contributed by atoms with Crippen molar-refractivity contribution in [2.45, 2.75) is 20.0 Å². The second-order valence-electron chi connectivity index (χ2n) is 5.50. The van der Waals surface area contributed by atoms with E-state index in [2.05, 4.69) is 20.9 Å². The molecule has 5 heteroatoms. The normalized spacial score (nSPS) is 14.6. The number of benzene rings is 1. The van der Waals surface area contributed by atoms with Gasteiger partial charge < -0.3 is 9.64 Å². The van der Waals surface area contributed by atoms with Crippen molar-refractivity contribution < 1.29 is 9.53 Å². The van der Waals surface area contributed by atoms with Gasteiger partial charge in [0.1, 0.15) is 11.9 Å². The van der Waals surface area contributed by atoms with Gasteiger partial charge in [0, 0.05) is 28.0 Å². The van der Waals surface area contributed by atoms with Crippen molar-refractivity contribution in [3.8, 4) is 5.75 Å². The molecule has 0 aliphatic carbocycles. The molecule has 1 amide bonds. The molecule has 0 bridgehead atoms. The Bertz CT molecular complexity index is 712. The predicted molar refractivity (Wildman–Crippen MR) is 88.2 cm³/mol. The van der Waals surface area contributed by atoms with Gasteiger partial charge in [-0.2, -0.15) is 0 Å². The number of nitrogens with zero attached hydrogens (tertiary/aromatic N) is 2. The molecule has 1 fully saturated rings. The summed E-state index contributed by atoms with van der Waals surface area (Å²) in [7, 11) is 0. The van der Waals surface area contributed by atoms with E-state index in [1.165, 1.54) is 0 Å². The molecular formula is C17H17BrN2O2. The second kappa shape index (κ2) is 6.08. The molecule has 0 saturated carbocycles. The molecule has 0 atom stereocenters. The molecule has 2 heterocycles. The highest BCUT2D eigenvalue weighted by Crippen LogP contribution is 2.24. The number of rotatable bonds is 3. The van der Waals surface area contributed by atoms with E-state index in [4.69, 9.17) is 4.74 Å². The van der Waals surface area contributed by atoms with Crippen molar-refractivity contribution in [1.29, 1.82) is 0 Å². The van der Waals surface area contributed by atoms with Gasteiger partial charge in [-0.3, -0.25) is 9.78 Å². The Morgan fingerprint density at radius 3 is 2.82 bits per heavy atom. The van der Waals surface area contributed by atoms with Gasteiger partial charge in [0.2, 0.25) is 0 Å². The summed E-state index contributed by atoms with van der Waals surface area (Å²) < 4.78 is 6.82. The summed E-state index contributed by atoms with van der Waals surface area (Å²) in [6.45, 7) is 5.11. The van der Waals surface area contributed by atoms with Crippen LogP contribution in [-0.2, 0) is 0 Å². The summed E-state index contributed by atoms with van der Waals surface area (Å²) in [5.74, 6) is 0.868. The Morgan fingerprint density at radius 1 is 1.32 bits per heavy atom. The number of likely N-dealkylation sites (tertiary alicyclic amines) is 1. The molecule has 0 radical (unpaired) electrons. The predicted octanol–water partition coefficient (Wildman–Crippen LogP) is 3.36. The lowest BCUT2D eigenvalue weighted by atomic mass is 10.0. The molecule has 1 aliphatic rings. The first kappa shape index (κ1) is 15.0. The van der Waals surface area contributed by atoms with E-state index in [0.717, 1.165) is 27.0 Å². The van der Waals surface area contributed by atoms with Crippen LogP contribution in [0.1, 0.15) is 21.6 Å². The zero-order valence-electron chi connectivity index (χ0n) is 12.5. The monoisotopic (exact) mass is 360 g/mol. The van der Waals surface area contributed by atoms with Crippen molar-refractivity contribution in [1.82, 2.24) is 9.88 Å². The van der Waals surface area contributed by atoms with E-state index in [0.29, 0.717) is 13.1 Å². The summed E-state index contributed by atoms with van der Waals surface area (Å²) in [5.41, 5.74) is 2.64. The number of ether oxygens (including phenoxy) is 1. The van der Waals surface area contributed by atoms with Crippen LogP contribution in [0.2, 0.25) is 0 Å². The number of halogens is 1. The number of pyridine rings is 1. The highest BCUT2D eigenvalue weighted by molar-refractivity contribution is 9.10. The lowest BCUT2D eigenvalue weighted by Gasteiger charge is -2.39. The van der Waals surface area contributed by atoms with Gasteiger partial charge in [-0.1, -0.05) is 22.0 Å². The van der Waals surface area contributed by atoms with Gasteiger partial charge in [-0.25, -0.2) is 0 Å². The fraction of sp³-hybridized carbons (Fsp3) is 0.294. The van der Waals surface area contributed by atoms with Crippen molar-refractivity contribution in [2.75, 3.05) is 13.1 Å². The number of carbonyl (C=O) groups excluding carboxylic acids is 1. The van der Waals surface area contributed by atoms with E-state index < -0.39 is 0 Å². The van der Waals surface area contributed by atoms with Crippen LogP contribution in [0.15, 0.2) is 41.0 Å². The number of carbonyl (C=O) groups is 1. The largest absolute Gasteiger partial charge is 0.487 e. The molecule has 0 N–H and O–H groups in total. The Balaban J connectivity index is 1.61. The third kappa shape index (κ3) is 2.99. The standard InChI is InChI=1S/C17H17BrN2O2/c1-11-8-13(6-7-19-11)22-14-9-20(10-14)17(21)15-4-3-5-16(18)12(15)2/h3-8,14H,9-10H2,1-2H3. The van der Waals surface area contributed by atoms with Crippen molar-refractivity contribution in [3.63, 3.8) is 0 Å². The Kier molecular flexibility index (Phi) is 4.16. The molecular weight excluding hydrogens is 344 g/mol. The first-order valence-electron chi connectivity index (χ1n) is 7.18. The molecule has 0 spiro atoms. The van der Waals surface area contributed by atoms with Crippen molar-refractivity contribution in [2.24, 2.45) is 0 Å². The minimum Gasteiger partial charge on any atom is -0.487 e. The smallest absolute Gasteiger partial charge is 0.254 e. The summed E-state index contributed by atoms with van der Waals surface area (Å²) in [6, 6.07) is 9.44. The fourth-order valence-corrected chi connectivity index (χ4v) is 2.84. The second-order valence-corrected chi connectivity index (χ2v) is 6.35. The third-order valence-corrected chi connectivity index (χ3v) is 4.66. The van der Waals surface area contributed by atoms with Gasteiger partial charge in [0.15, 0.2) is 0 Å². The number of hydrogen-bond acceptors (Lipinski definition) is 3. The molecule has 1 saturated heterocycles. The Labute approximate surface area is 138 Å². The summed E-state index contributed by atoms with van der Waals surface area (Å²) in [5, 5.41) is 0. The number of aryl methyl sites for hydroxylation is 1. The van der Waals surface area contributed by atoms with Crippen LogP contribution in [0.3, 0.4) is 0 Å². The maximum absolute atomic E-state index is 12.5. The average molecular weight is 361 g/mol. The van der Waals surface area contributed by atoms with E-state index in [1.807, 2.05) is 49.1 Å². The highest BCUT2D eigenvalue weighted by atomic mass is 79.9. The van der Waals surface area contributed by atoms with Gasteiger partial charge in [-0.15, -0.1) is 0 Å². The van der Waals surface area contributed by atoms with Crippen molar-refractivity contribution >= 4 is 21.8 Å². The van der Waals surface area contributed by atoms with Crippen LogP contribution in [0.5, 0.6) is 5.75 Å². The Morgan fingerprint density at radius 2 is 2.09 bits per heavy atom. The van der Waals surface area contributed by atoms with Crippen LogP contribution in [0.4, 0.5) is 0 Å². The van der Waals surface area contributed by atoms with Gasteiger partial charge in [-0.05, 0) is 37.6 Å². The topological polar surface area (TPSA) is 42.4 Å². The molecule has 22 heavy (non-hydrogen) atoms. The number of hydrogen-bond donors (Lipinski definition) is 0. The van der Waals surface area contributed by atoms with Crippen LogP contribution >= 0.6 is 15.9 Å². The lowest BCUT2D eigenvalue weighted by Crippen LogP contribution is -2.56. The lowest BCUT2D eigenvalue weighted by molar-refractivity contribution is 0.0176. The van der Waals surface area contributed by atoms with E-state index in [1.54, 1.807) is 6.20 Å². The molecule has 1 aromatic heterocycles. The fourth-order valence-electron chi connectivity index (χ4n) is 2.47. The molecule has 4 nitrogen and oxygen atoms in total. The first-order chi connectivity index (χ1) is 10.5. The summed E-state index contributed by atoms with van der Waals surface area (Å²) >= 11 is 3.46. The molecule has 2 aromatic rings. The van der Waals surface area contributed by atoms with E-state index in [9.17, 15) is 4.79 Å². The maximum Gasteiger partial charge on any atom is 0.254 e. The number of aromatic nitrogens is 1. The minimum absolute atomic E-state index is 0.0539. The summed E-state index contributed by atoms with van der Waals surface area (Å²) in [6.07, 6.45) is 1.79. The van der Waals surface area contributed by atoms with Gasteiger partial charge in [0.05, 0.1) is 13.1 Å². The van der Waals surface area contributed by atoms with Crippen molar-refractivity contribution in [3.05, 3.63) is 57.8 Å². The van der Waals surface area contributed by atoms with E-state index in [-0.39, 0.29) is 12.0 Å². The van der Waals surface area contributed by atoms with Gasteiger partial charge in [0.25, 0.3) is 5.91 Å². The molecule has 1 aromatic carbocycles. The maximum atomic E-state index is 12.5. The molecule has 114 valence electrons. The van der Waals surface area contributed by atoms with Gasteiger partial charge >= 0.3 is 0 Å². The van der Waals surface area contributed by atoms with Crippen LogP contribution in [0.25, 0.3) is 0 Å². The SMILES string of the molecule is Cc1cc(OC2CN(C(=O)c3cccc(Br)c3C)C2)ccn1. The van der Waals surface area contributed by atoms with Crippen LogP contribution in [0, 0.1) is 13.8 Å². The zero-order valence-corrected chi connectivity index (χ0v) is 14.1. The average Bonchev–Trinajstić information content (AvgIpc) is 2.45. The van der Waals surface area contributed by atoms with Crippen LogP contribution < -0.4 is 4.74 Å². The number of amides is 1. The molecule has 3 rings (SSSR count). The van der Waals surface area contributed by atoms with E-state index >= 15 is 0 Å². The molecule has 1 aliphatic heterocycles. The third-order valence-electron chi connectivity index (χ3n) is 3.80. The zero-order chi connectivity index (χ0) is 15.7. The quantitative estimate of drug-likeness (QED) is 0.842. The first-order valence-corrected chi connectivity index (χ1v) is 7.97. The van der Waals surface area contributed by atoms with Crippen LogP contribution in [-0.4, -0.2) is 35.0 Å². The summed E-state index contributed by atoms with van der Waals surface area (Å²) in [4.78, 5) is 18.4. The molecule has 0 unspecified atom stereocenters. The highest BCUT2D eigenvalue weighted by Gasteiger charge is 2.33. The Hall–Kier alpha value is -1.88. The minimum atomic E-state index is 0.0539.